The van der Waals surface area contributed by atoms with Gasteiger partial charge in [0.05, 0.1) is 17.1 Å². The Labute approximate surface area is 159 Å². The Morgan fingerprint density at radius 2 is 1.96 bits per heavy atom. The van der Waals surface area contributed by atoms with Gasteiger partial charge >= 0.3 is 0 Å². The molecule has 2 aromatic rings. The van der Waals surface area contributed by atoms with E-state index < -0.39 is 10.0 Å². The van der Waals surface area contributed by atoms with Crippen LogP contribution in [0.15, 0.2) is 59.6 Å². The molecule has 6 nitrogen and oxygen atoms in total. The highest BCUT2D eigenvalue weighted by molar-refractivity contribution is 7.89. The topological polar surface area (TPSA) is 70.6 Å². The van der Waals surface area contributed by atoms with Crippen molar-refractivity contribution in [1.82, 2.24) is 14.2 Å². The van der Waals surface area contributed by atoms with Crippen molar-refractivity contribution in [1.29, 1.82) is 0 Å². The molecule has 1 saturated carbocycles. The van der Waals surface area contributed by atoms with E-state index in [9.17, 15) is 13.2 Å². The van der Waals surface area contributed by atoms with Crippen LogP contribution in [0.25, 0.3) is 0 Å². The summed E-state index contributed by atoms with van der Waals surface area (Å²) < 4.78 is 27.2. The number of pyridine rings is 1. The summed E-state index contributed by atoms with van der Waals surface area (Å²) in [4.78, 5) is 19.1. The Bertz CT molecular complexity index is 933. The molecule has 4 rings (SSSR count). The van der Waals surface area contributed by atoms with Crippen LogP contribution in [0.2, 0.25) is 0 Å². The Morgan fingerprint density at radius 3 is 2.67 bits per heavy atom. The number of rotatable bonds is 5. The van der Waals surface area contributed by atoms with E-state index in [1.165, 1.54) is 4.31 Å². The molecule has 2 atom stereocenters. The van der Waals surface area contributed by atoms with E-state index in [0.29, 0.717) is 24.5 Å². The number of carbonyl (C=O) groups is 1. The number of carbonyl (C=O) groups excluding carboxylic acids is 1. The van der Waals surface area contributed by atoms with Crippen LogP contribution in [0, 0.1) is 11.3 Å². The maximum Gasteiger partial charge on any atom is 0.243 e. The van der Waals surface area contributed by atoms with E-state index in [-0.39, 0.29) is 17.2 Å². The van der Waals surface area contributed by atoms with Crippen LogP contribution in [0.3, 0.4) is 0 Å². The molecule has 2 aliphatic rings. The predicted octanol–water partition coefficient (Wildman–Crippen LogP) is 2.14. The molecule has 1 aliphatic carbocycles. The van der Waals surface area contributed by atoms with E-state index in [0.717, 1.165) is 18.5 Å². The lowest BCUT2D eigenvalue weighted by Crippen LogP contribution is -2.32. The van der Waals surface area contributed by atoms with Crippen molar-refractivity contribution < 1.29 is 13.2 Å². The van der Waals surface area contributed by atoms with E-state index >= 15 is 0 Å². The van der Waals surface area contributed by atoms with Gasteiger partial charge in [0, 0.05) is 32.3 Å². The van der Waals surface area contributed by atoms with E-state index in [4.69, 9.17) is 0 Å². The second kappa shape index (κ2) is 6.73. The zero-order valence-electron chi connectivity index (χ0n) is 15.3. The fraction of sp³-hybridized carbons (Fsp3) is 0.400. The molecular formula is C20H23N3O3S. The van der Waals surface area contributed by atoms with Crippen LogP contribution >= 0.6 is 0 Å². The molecule has 1 aliphatic heterocycles. The Morgan fingerprint density at radius 1 is 1.22 bits per heavy atom. The minimum atomic E-state index is -3.49. The van der Waals surface area contributed by atoms with Gasteiger partial charge in [0.25, 0.3) is 0 Å². The maximum absolute atomic E-state index is 12.8. The Hall–Kier alpha value is -2.25. The smallest absolute Gasteiger partial charge is 0.243 e. The number of sulfonamides is 1. The van der Waals surface area contributed by atoms with E-state index in [1.807, 2.05) is 18.2 Å². The van der Waals surface area contributed by atoms with E-state index in [1.54, 1.807) is 48.5 Å². The van der Waals surface area contributed by atoms with Gasteiger partial charge in [0.2, 0.25) is 15.9 Å². The molecule has 0 N–H and O–H groups in total. The molecule has 0 unspecified atom stereocenters. The molecular weight excluding hydrogens is 362 g/mol. The lowest BCUT2D eigenvalue weighted by molar-refractivity contribution is -0.132. The lowest BCUT2D eigenvalue weighted by atomic mass is 10.0. The van der Waals surface area contributed by atoms with Gasteiger partial charge in [-0.3, -0.25) is 9.78 Å². The first-order valence-electron chi connectivity index (χ1n) is 9.12. The van der Waals surface area contributed by atoms with Crippen LogP contribution < -0.4 is 0 Å². The van der Waals surface area contributed by atoms with Gasteiger partial charge in [-0.25, -0.2) is 8.42 Å². The Balaban J connectivity index is 1.41. The highest BCUT2D eigenvalue weighted by Crippen LogP contribution is 2.59. The standard InChI is InChI=1S/C20H23N3O3S/c1-22(14-16-7-5-6-11-21-16)19(24)18-13-20(18)10-12-23(15-20)27(25,26)17-8-3-2-4-9-17/h2-9,11,18H,10,12-15H2,1H3/t18-,20-/m1/s1. The summed E-state index contributed by atoms with van der Waals surface area (Å²) in [6.07, 6.45) is 3.22. The molecule has 1 aromatic heterocycles. The van der Waals surface area contributed by atoms with Crippen molar-refractivity contribution >= 4 is 15.9 Å². The monoisotopic (exact) mass is 385 g/mol. The third-order valence-electron chi connectivity index (χ3n) is 5.72. The molecule has 7 heteroatoms. The minimum Gasteiger partial charge on any atom is -0.340 e. The third kappa shape index (κ3) is 3.37. The fourth-order valence-electron chi connectivity index (χ4n) is 4.03. The average Bonchev–Trinajstić information content (AvgIpc) is 3.20. The van der Waals surface area contributed by atoms with Crippen LogP contribution in [0.4, 0.5) is 0 Å². The van der Waals surface area contributed by atoms with Gasteiger partial charge < -0.3 is 4.90 Å². The fourth-order valence-corrected chi connectivity index (χ4v) is 5.59. The SMILES string of the molecule is CN(Cc1ccccn1)C(=O)[C@H]1C[C@@]12CCN(S(=O)(=O)c1ccccc1)C2. The van der Waals surface area contributed by atoms with Crippen molar-refractivity contribution in [3.63, 3.8) is 0 Å². The molecule has 2 heterocycles. The zero-order valence-corrected chi connectivity index (χ0v) is 16.1. The first-order chi connectivity index (χ1) is 12.9. The highest BCUT2D eigenvalue weighted by atomic mass is 32.2. The van der Waals surface area contributed by atoms with Crippen LogP contribution in [-0.2, 0) is 21.4 Å². The third-order valence-corrected chi connectivity index (χ3v) is 7.58. The second-order valence-electron chi connectivity index (χ2n) is 7.54. The normalized spacial score (nSPS) is 24.9. The molecule has 27 heavy (non-hydrogen) atoms. The van der Waals surface area contributed by atoms with Gasteiger partial charge in [-0.05, 0) is 42.5 Å². The van der Waals surface area contributed by atoms with Crippen molar-refractivity contribution in [2.45, 2.75) is 24.3 Å². The van der Waals surface area contributed by atoms with Crippen molar-refractivity contribution in [3.8, 4) is 0 Å². The molecule has 1 aromatic carbocycles. The first-order valence-corrected chi connectivity index (χ1v) is 10.6. The summed E-state index contributed by atoms with van der Waals surface area (Å²) in [6.45, 7) is 1.38. The van der Waals surface area contributed by atoms with Crippen LogP contribution in [0.1, 0.15) is 18.5 Å². The molecule has 0 radical (unpaired) electrons. The first kappa shape index (κ1) is 18.1. The summed E-state index contributed by atoms with van der Waals surface area (Å²) in [5.74, 6) is -0.0122. The summed E-state index contributed by atoms with van der Waals surface area (Å²) in [5.41, 5.74) is 0.653. The molecule has 142 valence electrons. The van der Waals surface area contributed by atoms with Crippen molar-refractivity contribution in [3.05, 3.63) is 60.4 Å². The number of nitrogens with zero attached hydrogens (tertiary/aromatic N) is 3. The molecule has 2 fully saturated rings. The van der Waals surface area contributed by atoms with Gasteiger partial charge in [-0.1, -0.05) is 24.3 Å². The number of hydrogen-bond donors (Lipinski definition) is 0. The maximum atomic E-state index is 12.8. The number of benzene rings is 1. The molecule has 1 amide bonds. The summed E-state index contributed by atoms with van der Waals surface area (Å²) in [7, 11) is -1.70. The quantitative estimate of drug-likeness (QED) is 0.791. The van der Waals surface area contributed by atoms with Gasteiger partial charge in [-0.15, -0.1) is 0 Å². The van der Waals surface area contributed by atoms with Crippen LogP contribution in [-0.4, -0.2) is 48.7 Å². The Kier molecular flexibility index (Phi) is 4.52. The highest BCUT2D eigenvalue weighted by Gasteiger charge is 2.62. The average molecular weight is 385 g/mol. The van der Waals surface area contributed by atoms with Crippen LogP contribution in [0.5, 0.6) is 0 Å². The summed E-state index contributed by atoms with van der Waals surface area (Å²) in [5, 5.41) is 0. The minimum absolute atomic E-state index is 0.0830. The zero-order chi connectivity index (χ0) is 19.1. The van der Waals surface area contributed by atoms with Gasteiger partial charge in [-0.2, -0.15) is 4.31 Å². The van der Waals surface area contributed by atoms with Crippen molar-refractivity contribution in [2.75, 3.05) is 20.1 Å². The lowest BCUT2D eigenvalue weighted by Gasteiger charge is -2.19. The van der Waals surface area contributed by atoms with Gasteiger partial charge in [0.1, 0.15) is 0 Å². The summed E-state index contributed by atoms with van der Waals surface area (Å²) in [6, 6.07) is 14.2. The number of aromatic nitrogens is 1. The molecule has 1 spiro atoms. The van der Waals surface area contributed by atoms with E-state index in [2.05, 4.69) is 4.98 Å². The molecule has 0 bridgehead atoms. The van der Waals surface area contributed by atoms with Gasteiger partial charge in [0.15, 0.2) is 0 Å². The number of hydrogen-bond acceptors (Lipinski definition) is 4. The largest absolute Gasteiger partial charge is 0.340 e. The van der Waals surface area contributed by atoms with Crippen molar-refractivity contribution in [2.24, 2.45) is 11.3 Å². The summed E-state index contributed by atoms with van der Waals surface area (Å²) >= 11 is 0. The molecule has 1 saturated heterocycles. The second-order valence-corrected chi connectivity index (χ2v) is 9.47. The number of amides is 1. The predicted molar refractivity (Wildman–Crippen MR) is 101 cm³/mol.